The van der Waals surface area contributed by atoms with E-state index in [2.05, 4.69) is 40.1 Å². The van der Waals surface area contributed by atoms with Gasteiger partial charge in [-0.1, -0.05) is 43.2 Å². The Hall–Kier alpha value is -1.39. The van der Waals surface area contributed by atoms with Crippen molar-refractivity contribution in [3.05, 3.63) is 35.9 Å². The Bertz CT molecular complexity index is 585. The maximum Gasteiger partial charge on any atom is 0.225 e. The summed E-state index contributed by atoms with van der Waals surface area (Å²) in [5.74, 6) is 1.45. The van der Waals surface area contributed by atoms with Crippen LogP contribution in [0.5, 0.6) is 0 Å². The fourth-order valence-electron chi connectivity index (χ4n) is 5.31. The highest BCUT2D eigenvalue weighted by molar-refractivity contribution is 5.77. The van der Waals surface area contributed by atoms with E-state index in [4.69, 9.17) is 4.74 Å². The van der Waals surface area contributed by atoms with E-state index in [1.54, 1.807) is 7.11 Å². The van der Waals surface area contributed by atoms with Crippen LogP contribution in [-0.2, 0) is 9.53 Å². The van der Waals surface area contributed by atoms with Gasteiger partial charge in [0.05, 0.1) is 19.1 Å². The lowest BCUT2D eigenvalue weighted by atomic mass is 9.89. The number of methoxy groups -OCH3 is 1. The first-order chi connectivity index (χ1) is 12.3. The van der Waals surface area contributed by atoms with E-state index in [0.29, 0.717) is 24.9 Å². The molecule has 0 bridgehead atoms. The minimum Gasteiger partial charge on any atom is -0.384 e. The molecule has 25 heavy (non-hydrogen) atoms. The second-order valence-corrected chi connectivity index (χ2v) is 7.96. The van der Waals surface area contributed by atoms with Crippen LogP contribution in [0.2, 0.25) is 0 Å². The molecule has 1 aromatic carbocycles. The van der Waals surface area contributed by atoms with Gasteiger partial charge in [-0.15, -0.1) is 0 Å². The zero-order valence-electron chi connectivity index (χ0n) is 15.3. The molecule has 3 fully saturated rings. The average Bonchev–Trinajstić information content (AvgIpc) is 3.34. The highest BCUT2D eigenvalue weighted by Gasteiger charge is 2.49. The summed E-state index contributed by atoms with van der Waals surface area (Å²) in [5, 5.41) is 0. The zero-order valence-corrected chi connectivity index (χ0v) is 15.3. The van der Waals surface area contributed by atoms with Crippen LogP contribution >= 0.6 is 0 Å². The highest BCUT2D eigenvalue weighted by Crippen LogP contribution is 2.46. The van der Waals surface area contributed by atoms with Gasteiger partial charge in [0, 0.05) is 38.7 Å². The molecule has 0 radical (unpaired) electrons. The third kappa shape index (κ3) is 3.34. The number of nitrogens with zero attached hydrogens (tertiary/aromatic N) is 2. The van der Waals surface area contributed by atoms with E-state index in [1.807, 2.05) is 0 Å². The van der Waals surface area contributed by atoms with Gasteiger partial charge in [-0.05, 0) is 24.3 Å². The zero-order chi connectivity index (χ0) is 17.2. The second-order valence-electron chi connectivity index (χ2n) is 7.96. The van der Waals surface area contributed by atoms with Crippen LogP contribution in [0.3, 0.4) is 0 Å². The Morgan fingerprint density at radius 2 is 1.88 bits per heavy atom. The Balaban J connectivity index is 1.54. The highest BCUT2D eigenvalue weighted by atomic mass is 16.5. The van der Waals surface area contributed by atoms with Crippen LogP contribution in [-0.4, -0.2) is 55.1 Å². The van der Waals surface area contributed by atoms with Crippen LogP contribution in [0.4, 0.5) is 0 Å². The molecule has 2 saturated heterocycles. The Morgan fingerprint density at radius 1 is 1.12 bits per heavy atom. The molecule has 0 N–H and O–H groups in total. The van der Waals surface area contributed by atoms with Crippen LogP contribution in [0.15, 0.2) is 30.3 Å². The topological polar surface area (TPSA) is 32.8 Å². The number of hydrogen-bond donors (Lipinski definition) is 0. The average molecular weight is 342 g/mol. The SMILES string of the molecule is COCCC(=O)N1C[C@@H]2CN(C3CCCC3)C[C@@H]2[C@H]1c1ccccc1. The first-order valence-corrected chi connectivity index (χ1v) is 9.85. The molecular formula is C21H30N2O2. The van der Waals surface area contributed by atoms with Crippen LogP contribution in [0, 0.1) is 11.8 Å². The van der Waals surface area contributed by atoms with Gasteiger partial charge in [0.2, 0.25) is 5.91 Å². The summed E-state index contributed by atoms with van der Waals surface area (Å²) >= 11 is 0. The normalized spacial score (nSPS) is 30.1. The summed E-state index contributed by atoms with van der Waals surface area (Å²) in [4.78, 5) is 17.7. The summed E-state index contributed by atoms with van der Waals surface area (Å²) in [5.41, 5.74) is 1.30. The molecular weight excluding hydrogens is 312 g/mol. The van der Waals surface area contributed by atoms with Crippen molar-refractivity contribution in [2.75, 3.05) is 33.4 Å². The molecule has 1 saturated carbocycles. The predicted molar refractivity (Wildman–Crippen MR) is 98.2 cm³/mol. The molecule has 2 aliphatic heterocycles. The van der Waals surface area contributed by atoms with Crippen LogP contribution in [0.25, 0.3) is 0 Å². The van der Waals surface area contributed by atoms with E-state index < -0.39 is 0 Å². The molecule has 4 heteroatoms. The summed E-state index contributed by atoms with van der Waals surface area (Å²) in [7, 11) is 1.67. The maximum atomic E-state index is 12.8. The second kappa shape index (κ2) is 7.46. The molecule has 136 valence electrons. The molecule has 0 unspecified atom stereocenters. The smallest absolute Gasteiger partial charge is 0.225 e. The number of ether oxygens (including phenoxy) is 1. The van der Waals surface area contributed by atoms with Gasteiger partial charge < -0.3 is 9.64 Å². The minimum atomic E-state index is 0.238. The van der Waals surface area contributed by atoms with Crippen LogP contribution in [0.1, 0.15) is 43.7 Å². The summed E-state index contributed by atoms with van der Waals surface area (Å²) in [6.45, 7) is 3.76. The number of carbonyl (C=O) groups excluding carboxylic acids is 1. The quantitative estimate of drug-likeness (QED) is 0.824. The summed E-state index contributed by atoms with van der Waals surface area (Å²) in [6.07, 6.45) is 6.00. The van der Waals surface area contributed by atoms with E-state index >= 15 is 0 Å². The maximum absolute atomic E-state index is 12.8. The van der Waals surface area contributed by atoms with Crippen molar-refractivity contribution in [1.29, 1.82) is 0 Å². The minimum absolute atomic E-state index is 0.238. The van der Waals surface area contributed by atoms with E-state index in [0.717, 1.165) is 19.1 Å². The fraction of sp³-hybridized carbons (Fsp3) is 0.667. The third-order valence-electron chi connectivity index (χ3n) is 6.51. The lowest BCUT2D eigenvalue weighted by Gasteiger charge is -2.31. The fourth-order valence-corrected chi connectivity index (χ4v) is 5.31. The molecule has 3 aliphatic rings. The molecule has 3 atom stereocenters. The molecule has 4 rings (SSSR count). The van der Waals surface area contributed by atoms with Crippen molar-refractivity contribution in [3.63, 3.8) is 0 Å². The van der Waals surface area contributed by atoms with Gasteiger partial charge in [0.1, 0.15) is 0 Å². The number of likely N-dealkylation sites (tertiary alicyclic amines) is 2. The van der Waals surface area contributed by atoms with Gasteiger partial charge in [0.25, 0.3) is 0 Å². The Labute approximate surface area is 151 Å². The van der Waals surface area contributed by atoms with Gasteiger partial charge in [-0.25, -0.2) is 0 Å². The van der Waals surface area contributed by atoms with Crippen molar-refractivity contribution in [3.8, 4) is 0 Å². The van der Waals surface area contributed by atoms with E-state index in [9.17, 15) is 4.79 Å². The molecule has 4 nitrogen and oxygen atoms in total. The molecule has 0 spiro atoms. The van der Waals surface area contributed by atoms with Crippen molar-refractivity contribution >= 4 is 5.91 Å². The lowest BCUT2D eigenvalue weighted by molar-refractivity contribution is -0.133. The van der Waals surface area contributed by atoms with Crippen molar-refractivity contribution < 1.29 is 9.53 Å². The van der Waals surface area contributed by atoms with Gasteiger partial charge >= 0.3 is 0 Å². The van der Waals surface area contributed by atoms with Crippen molar-refractivity contribution in [2.45, 2.75) is 44.2 Å². The molecule has 1 aromatic rings. The number of hydrogen-bond acceptors (Lipinski definition) is 3. The van der Waals surface area contributed by atoms with Crippen molar-refractivity contribution in [1.82, 2.24) is 9.80 Å². The number of amides is 1. The molecule has 2 heterocycles. The van der Waals surface area contributed by atoms with Gasteiger partial charge in [0.15, 0.2) is 0 Å². The molecule has 1 aliphatic carbocycles. The summed E-state index contributed by atoms with van der Waals surface area (Å²) in [6, 6.07) is 11.7. The number of carbonyl (C=O) groups is 1. The van der Waals surface area contributed by atoms with Gasteiger partial charge in [-0.2, -0.15) is 0 Å². The number of benzene rings is 1. The Morgan fingerprint density at radius 3 is 2.60 bits per heavy atom. The van der Waals surface area contributed by atoms with Crippen molar-refractivity contribution in [2.24, 2.45) is 11.8 Å². The van der Waals surface area contributed by atoms with E-state index in [-0.39, 0.29) is 11.9 Å². The predicted octanol–water partition coefficient (Wildman–Crippen LogP) is 3.10. The standard InChI is InChI=1S/C21H30N2O2/c1-25-12-11-20(24)23-14-17-13-22(18-9-5-6-10-18)15-19(17)21(23)16-7-3-2-4-8-16/h2-4,7-8,17-19,21H,5-6,9-15H2,1H3/t17-,19-,21+/m0/s1. The number of rotatable bonds is 5. The largest absolute Gasteiger partial charge is 0.384 e. The third-order valence-corrected chi connectivity index (χ3v) is 6.51. The monoisotopic (exact) mass is 342 g/mol. The lowest BCUT2D eigenvalue weighted by Crippen LogP contribution is -2.38. The number of fused-ring (bicyclic) bond motifs is 1. The van der Waals surface area contributed by atoms with Crippen LogP contribution < -0.4 is 0 Å². The molecule has 0 aromatic heterocycles. The summed E-state index contributed by atoms with van der Waals surface area (Å²) < 4.78 is 5.14. The van der Waals surface area contributed by atoms with Gasteiger partial charge in [-0.3, -0.25) is 9.69 Å². The molecule has 1 amide bonds. The first-order valence-electron chi connectivity index (χ1n) is 9.85. The first kappa shape index (κ1) is 17.0. The Kier molecular flexibility index (Phi) is 5.09. The van der Waals surface area contributed by atoms with E-state index in [1.165, 1.54) is 37.8 Å².